The minimum absolute atomic E-state index is 0.628. The summed E-state index contributed by atoms with van der Waals surface area (Å²) in [6.45, 7) is 2.18. The number of H-pyrrole nitrogens is 1. The lowest BCUT2D eigenvalue weighted by molar-refractivity contribution is 0.312. The Kier molecular flexibility index (Phi) is 4.83. The Labute approximate surface area is 165 Å². The first-order chi connectivity index (χ1) is 13.3. The van der Waals surface area contributed by atoms with Gasteiger partial charge in [0.05, 0.1) is 0 Å². The minimum atomic E-state index is 0.628. The molecule has 0 spiro atoms. The van der Waals surface area contributed by atoms with Crippen molar-refractivity contribution in [1.29, 1.82) is 0 Å². The number of aromatic nitrogens is 3. The quantitative estimate of drug-likeness (QED) is 0.665. The molecule has 1 aromatic carbocycles. The molecule has 2 aromatic rings. The van der Waals surface area contributed by atoms with Gasteiger partial charge in [0.15, 0.2) is 0 Å². The Balaban J connectivity index is 1.26. The average molecular weight is 385 g/mol. The second-order valence-electron chi connectivity index (χ2n) is 8.05. The van der Waals surface area contributed by atoms with Gasteiger partial charge < -0.3 is 10.2 Å². The Morgan fingerprint density at radius 3 is 2.63 bits per heavy atom. The molecule has 1 saturated heterocycles. The van der Waals surface area contributed by atoms with E-state index in [-0.39, 0.29) is 0 Å². The predicted molar refractivity (Wildman–Crippen MR) is 110 cm³/mol. The monoisotopic (exact) mass is 384 g/mol. The standard InChI is InChI=1S/C20H28N6S/c1-26-10-4-7-15(26)12-21-27-20-23-19(24-25-20)22-18-16-8-2-5-13(16)11-14-6-3-9-17(14)18/h11,15,21H,2-10,12H2,1H3,(H2,22,23,24,25). The molecule has 2 aliphatic carbocycles. The van der Waals surface area contributed by atoms with Crippen LogP contribution in [0.5, 0.6) is 0 Å². The lowest BCUT2D eigenvalue weighted by atomic mass is 9.99. The van der Waals surface area contributed by atoms with Crippen LogP contribution < -0.4 is 10.0 Å². The Morgan fingerprint density at radius 1 is 1.15 bits per heavy atom. The van der Waals surface area contributed by atoms with Gasteiger partial charge in [-0.15, -0.1) is 5.10 Å². The third-order valence-corrected chi connectivity index (χ3v) is 7.01. The number of hydrogen-bond acceptors (Lipinski definition) is 6. The highest BCUT2D eigenvalue weighted by Gasteiger charge is 2.25. The van der Waals surface area contributed by atoms with Gasteiger partial charge in [0, 0.05) is 18.3 Å². The number of hydrogen-bond donors (Lipinski definition) is 3. The van der Waals surface area contributed by atoms with Crippen molar-refractivity contribution in [2.75, 3.05) is 25.5 Å². The molecule has 3 aliphatic rings. The predicted octanol–water partition coefficient (Wildman–Crippen LogP) is 3.22. The van der Waals surface area contributed by atoms with Crippen molar-refractivity contribution in [2.45, 2.75) is 62.6 Å². The molecule has 0 saturated carbocycles. The zero-order valence-corrected chi connectivity index (χ0v) is 16.8. The van der Waals surface area contributed by atoms with E-state index >= 15 is 0 Å². The number of rotatable bonds is 6. The van der Waals surface area contributed by atoms with E-state index in [1.165, 1.54) is 97.8 Å². The lowest BCUT2D eigenvalue weighted by Crippen LogP contribution is -2.32. The first kappa shape index (κ1) is 17.5. The van der Waals surface area contributed by atoms with E-state index in [0.717, 1.165) is 17.6 Å². The number of likely N-dealkylation sites (tertiary alicyclic amines) is 1. The molecule has 1 aliphatic heterocycles. The topological polar surface area (TPSA) is 68.9 Å². The number of benzene rings is 1. The number of aromatic amines is 1. The van der Waals surface area contributed by atoms with Crippen molar-refractivity contribution in [3.8, 4) is 0 Å². The first-order valence-corrected chi connectivity index (χ1v) is 11.1. The van der Waals surface area contributed by atoms with E-state index in [1.54, 1.807) is 0 Å². The fourth-order valence-corrected chi connectivity index (χ4v) is 5.51. The van der Waals surface area contributed by atoms with Gasteiger partial charge in [0.2, 0.25) is 11.1 Å². The maximum Gasteiger partial charge on any atom is 0.225 e. The van der Waals surface area contributed by atoms with Crippen molar-refractivity contribution in [2.24, 2.45) is 0 Å². The average Bonchev–Trinajstić information content (AvgIpc) is 3.43. The summed E-state index contributed by atoms with van der Waals surface area (Å²) in [6.07, 6.45) is 9.90. The highest BCUT2D eigenvalue weighted by atomic mass is 32.2. The molecule has 0 bridgehead atoms. The van der Waals surface area contributed by atoms with E-state index < -0.39 is 0 Å². The van der Waals surface area contributed by atoms with Crippen LogP contribution in [0.1, 0.15) is 47.9 Å². The van der Waals surface area contributed by atoms with Gasteiger partial charge >= 0.3 is 0 Å². The molecule has 1 aromatic heterocycles. The summed E-state index contributed by atoms with van der Waals surface area (Å²) in [5.74, 6) is 0.756. The largest absolute Gasteiger partial charge is 0.324 e. The number of anilines is 2. The zero-order valence-electron chi connectivity index (χ0n) is 16.0. The molecular weight excluding hydrogens is 356 g/mol. The summed E-state index contributed by atoms with van der Waals surface area (Å²) in [5.41, 5.74) is 7.39. The highest BCUT2D eigenvalue weighted by molar-refractivity contribution is 7.97. The van der Waals surface area contributed by atoms with Crippen LogP contribution in [0.4, 0.5) is 11.6 Å². The van der Waals surface area contributed by atoms with Gasteiger partial charge in [-0.25, -0.2) is 5.10 Å². The second-order valence-corrected chi connectivity index (χ2v) is 8.91. The molecular formula is C20H28N6S. The zero-order chi connectivity index (χ0) is 18.2. The molecule has 27 heavy (non-hydrogen) atoms. The van der Waals surface area contributed by atoms with Gasteiger partial charge in [-0.1, -0.05) is 6.07 Å². The van der Waals surface area contributed by atoms with Crippen LogP contribution in [-0.4, -0.2) is 46.3 Å². The maximum absolute atomic E-state index is 4.65. The molecule has 2 heterocycles. The number of nitrogens with one attached hydrogen (secondary N) is 3. The van der Waals surface area contributed by atoms with Crippen LogP contribution in [-0.2, 0) is 25.7 Å². The van der Waals surface area contributed by atoms with E-state index in [9.17, 15) is 0 Å². The van der Waals surface area contributed by atoms with Crippen LogP contribution in [0.2, 0.25) is 0 Å². The van der Waals surface area contributed by atoms with E-state index in [2.05, 4.69) is 43.2 Å². The van der Waals surface area contributed by atoms with E-state index in [0.29, 0.717) is 6.04 Å². The van der Waals surface area contributed by atoms with Gasteiger partial charge in [-0.2, -0.15) is 4.98 Å². The molecule has 1 fully saturated rings. The van der Waals surface area contributed by atoms with Crippen molar-refractivity contribution in [1.82, 2.24) is 24.8 Å². The Hall–Kier alpha value is -1.57. The van der Waals surface area contributed by atoms with Crippen molar-refractivity contribution in [3.63, 3.8) is 0 Å². The molecule has 7 heteroatoms. The Bertz CT molecular complexity index is 800. The van der Waals surface area contributed by atoms with Crippen LogP contribution in [0, 0.1) is 0 Å². The van der Waals surface area contributed by atoms with Crippen LogP contribution >= 0.6 is 11.9 Å². The summed E-state index contributed by atoms with van der Waals surface area (Å²) >= 11 is 1.52. The molecule has 1 atom stereocenters. The fourth-order valence-electron chi connectivity index (χ4n) is 4.87. The first-order valence-electron chi connectivity index (χ1n) is 10.2. The maximum atomic E-state index is 4.65. The van der Waals surface area contributed by atoms with Crippen molar-refractivity contribution >= 4 is 23.6 Å². The van der Waals surface area contributed by atoms with E-state index in [4.69, 9.17) is 0 Å². The van der Waals surface area contributed by atoms with Gasteiger partial charge in [0.1, 0.15) is 0 Å². The lowest BCUT2D eigenvalue weighted by Gasteiger charge is -2.18. The summed E-state index contributed by atoms with van der Waals surface area (Å²) in [6, 6.07) is 3.09. The van der Waals surface area contributed by atoms with Gasteiger partial charge in [0.25, 0.3) is 0 Å². The molecule has 0 amide bonds. The van der Waals surface area contributed by atoms with Crippen LogP contribution in [0.3, 0.4) is 0 Å². The van der Waals surface area contributed by atoms with E-state index in [1.807, 2.05) is 0 Å². The molecule has 1 unspecified atom stereocenters. The summed E-state index contributed by atoms with van der Waals surface area (Å²) < 4.78 is 3.44. The van der Waals surface area contributed by atoms with Gasteiger partial charge in [-0.3, -0.25) is 4.72 Å². The SMILES string of the molecule is CN1CCCC1CNSc1n[nH]c(Nc2c3c(cc4c2CCC4)CCC3)n1. The fraction of sp³-hybridized carbons (Fsp3) is 0.600. The van der Waals surface area contributed by atoms with Crippen molar-refractivity contribution < 1.29 is 0 Å². The number of nitrogens with zero attached hydrogens (tertiary/aromatic N) is 3. The highest BCUT2D eigenvalue weighted by Crippen LogP contribution is 2.39. The number of aryl methyl sites for hydroxylation is 2. The third kappa shape index (κ3) is 3.48. The second kappa shape index (κ2) is 7.45. The smallest absolute Gasteiger partial charge is 0.225 e. The van der Waals surface area contributed by atoms with Crippen LogP contribution in [0.15, 0.2) is 11.2 Å². The Morgan fingerprint density at radius 2 is 1.93 bits per heavy atom. The summed E-state index contributed by atoms with van der Waals surface area (Å²) in [4.78, 5) is 7.07. The number of likely N-dealkylation sites (N-methyl/N-ethyl adjacent to an activating group) is 1. The van der Waals surface area contributed by atoms with Gasteiger partial charge in [-0.05, 0) is 99.2 Å². The number of fused-ring (bicyclic) bond motifs is 2. The van der Waals surface area contributed by atoms with Crippen molar-refractivity contribution in [3.05, 3.63) is 28.3 Å². The van der Waals surface area contributed by atoms with Crippen LogP contribution in [0.25, 0.3) is 0 Å². The minimum Gasteiger partial charge on any atom is -0.324 e. The normalized spacial score (nSPS) is 21.6. The third-order valence-electron chi connectivity index (χ3n) is 6.34. The molecule has 0 radical (unpaired) electrons. The molecule has 3 N–H and O–H groups in total. The molecule has 6 nitrogen and oxygen atoms in total. The summed E-state index contributed by atoms with van der Waals surface area (Å²) in [7, 11) is 2.20. The molecule has 144 valence electrons. The molecule has 5 rings (SSSR count). The summed E-state index contributed by atoms with van der Waals surface area (Å²) in [5, 5.41) is 11.8.